The highest BCUT2D eigenvalue weighted by Crippen LogP contribution is 2.14. The third-order valence-electron chi connectivity index (χ3n) is 4.22. The Labute approximate surface area is 181 Å². The van der Waals surface area contributed by atoms with E-state index in [4.69, 9.17) is 16.3 Å². The number of nitrogens with one attached hydrogen (secondary N) is 2. The van der Waals surface area contributed by atoms with E-state index >= 15 is 0 Å². The number of halogens is 1. The van der Waals surface area contributed by atoms with Crippen LogP contribution in [0.5, 0.6) is 0 Å². The van der Waals surface area contributed by atoms with Crippen molar-refractivity contribution in [2.24, 2.45) is 5.92 Å². The number of amides is 2. The zero-order chi connectivity index (χ0) is 22.1. The summed E-state index contributed by atoms with van der Waals surface area (Å²) in [5.74, 6) is -1.19. The van der Waals surface area contributed by atoms with Crippen molar-refractivity contribution in [2.45, 2.75) is 26.8 Å². The molecule has 0 aromatic heterocycles. The minimum Gasteiger partial charge on any atom is -0.463 e. The molecule has 2 aromatic carbocycles. The van der Waals surface area contributed by atoms with Gasteiger partial charge < -0.3 is 15.4 Å². The van der Waals surface area contributed by atoms with E-state index in [9.17, 15) is 14.4 Å². The normalized spacial score (nSPS) is 11.9. The topological polar surface area (TPSA) is 84.5 Å². The summed E-state index contributed by atoms with van der Waals surface area (Å²) < 4.78 is 4.83. The molecule has 2 amide bonds. The zero-order valence-corrected chi connectivity index (χ0v) is 17.9. The van der Waals surface area contributed by atoms with Crippen LogP contribution in [-0.2, 0) is 14.3 Å². The summed E-state index contributed by atoms with van der Waals surface area (Å²) in [4.78, 5) is 36.6. The molecule has 0 saturated carbocycles. The molecule has 0 aliphatic carbocycles. The van der Waals surface area contributed by atoms with E-state index in [0.29, 0.717) is 22.9 Å². The maximum absolute atomic E-state index is 12.7. The summed E-state index contributed by atoms with van der Waals surface area (Å²) >= 11 is 5.85. The highest BCUT2D eigenvalue weighted by atomic mass is 35.5. The lowest BCUT2D eigenvalue weighted by atomic mass is 10.0. The Kier molecular flexibility index (Phi) is 8.62. The van der Waals surface area contributed by atoms with Gasteiger partial charge in [-0.3, -0.25) is 9.59 Å². The summed E-state index contributed by atoms with van der Waals surface area (Å²) in [6.45, 7) is 5.77. The van der Waals surface area contributed by atoms with Gasteiger partial charge in [0.25, 0.3) is 5.91 Å². The Morgan fingerprint density at radius 3 is 2.23 bits per heavy atom. The molecule has 0 saturated heterocycles. The molecule has 7 heteroatoms. The van der Waals surface area contributed by atoms with Gasteiger partial charge in [0.15, 0.2) is 0 Å². The number of esters is 1. The van der Waals surface area contributed by atoms with Crippen LogP contribution in [0.15, 0.2) is 54.6 Å². The first kappa shape index (κ1) is 23.2. The fourth-order valence-electron chi connectivity index (χ4n) is 2.61. The van der Waals surface area contributed by atoms with Crippen LogP contribution in [-0.4, -0.2) is 30.4 Å². The molecule has 2 aromatic rings. The van der Waals surface area contributed by atoms with Crippen molar-refractivity contribution in [3.8, 4) is 0 Å². The van der Waals surface area contributed by atoms with E-state index in [0.717, 1.165) is 5.56 Å². The first-order valence-electron chi connectivity index (χ1n) is 9.62. The number of ether oxygens (including phenoxy) is 1. The molecule has 0 unspecified atom stereocenters. The molecular formula is C23H25ClN2O4. The third-order valence-corrected chi connectivity index (χ3v) is 4.47. The lowest BCUT2D eigenvalue weighted by Gasteiger charge is -2.22. The lowest BCUT2D eigenvalue weighted by Crippen LogP contribution is -2.47. The minimum atomic E-state index is -0.712. The van der Waals surface area contributed by atoms with Crippen LogP contribution in [0.3, 0.4) is 0 Å². The van der Waals surface area contributed by atoms with Gasteiger partial charge in [0.05, 0.1) is 6.61 Å². The number of hydrogen-bond donors (Lipinski definition) is 2. The molecule has 0 aliphatic heterocycles. The van der Waals surface area contributed by atoms with E-state index in [2.05, 4.69) is 10.6 Å². The molecule has 30 heavy (non-hydrogen) atoms. The Hall–Kier alpha value is -3.12. The number of hydrogen-bond acceptors (Lipinski definition) is 4. The van der Waals surface area contributed by atoms with Crippen LogP contribution in [0.4, 0.5) is 5.69 Å². The standard InChI is InChI=1S/C23H25ClN2O4/c1-4-30-20(27)14-7-16-5-12-19(13-6-16)25-23(29)21(15(2)3)26-22(28)17-8-10-18(24)11-9-17/h5-15,21H,4H2,1-3H3,(H,25,29)(H,26,28)/b14-7+/t21-/m0/s1. The minimum absolute atomic E-state index is 0.118. The van der Waals surface area contributed by atoms with Gasteiger partial charge in [-0.15, -0.1) is 0 Å². The van der Waals surface area contributed by atoms with Crippen molar-refractivity contribution in [1.82, 2.24) is 5.32 Å². The number of carbonyl (C=O) groups excluding carboxylic acids is 3. The maximum Gasteiger partial charge on any atom is 0.330 e. The van der Waals surface area contributed by atoms with E-state index in [1.807, 2.05) is 13.8 Å². The predicted molar refractivity (Wildman–Crippen MR) is 118 cm³/mol. The van der Waals surface area contributed by atoms with Crippen LogP contribution in [0.2, 0.25) is 5.02 Å². The van der Waals surface area contributed by atoms with Gasteiger partial charge in [0.1, 0.15) is 6.04 Å². The van der Waals surface area contributed by atoms with Gasteiger partial charge in [-0.05, 0) is 60.9 Å². The van der Waals surface area contributed by atoms with Crippen LogP contribution < -0.4 is 10.6 Å². The molecule has 0 radical (unpaired) electrons. The summed E-state index contributed by atoms with van der Waals surface area (Å²) in [5, 5.41) is 6.12. The smallest absolute Gasteiger partial charge is 0.330 e. The molecule has 6 nitrogen and oxygen atoms in total. The second-order valence-corrected chi connectivity index (χ2v) is 7.34. The van der Waals surface area contributed by atoms with E-state index in [1.54, 1.807) is 61.5 Å². The fraction of sp³-hybridized carbons (Fsp3) is 0.261. The Morgan fingerprint density at radius 2 is 1.67 bits per heavy atom. The predicted octanol–water partition coefficient (Wildman–Crippen LogP) is 4.31. The van der Waals surface area contributed by atoms with Gasteiger partial charge in [-0.25, -0.2) is 4.79 Å². The van der Waals surface area contributed by atoms with Crippen molar-refractivity contribution >= 4 is 41.1 Å². The summed E-state index contributed by atoms with van der Waals surface area (Å²) in [5.41, 5.74) is 1.80. The maximum atomic E-state index is 12.7. The van der Waals surface area contributed by atoms with Crippen molar-refractivity contribution in [2.75, 3.05) is 11.9 Å². The van der Waals surface area contributed by atoms with Crippen molar-refractivity contribution in [3.05, 3.63) is 70.8 Å². The largest absolute Gasteiger partial charge is 0.463 e. The van der Waals surface area contributed by atoms with Gasteiger partial charge in [-0.2, -0.15) is 0 Å². The van der Waals surface area contributed by atoms with Crippen LogP contribution in [0.25, 0.3) is 6.08 Å². The average molecular weight is 429 g/mol. The molecule has 0 fully saturated rings. The molecule has 2 N–H and O–H groups in total. The number of rotatable bonds is 8. The van der Waals surface area contributed by atoms with Gasteiger partial charge >= 0.3 is 5.97 Å². The molecule has 0 spiro atoms. The Balaban J connectivity index is 2.01. The molecule has 0 bridgehead atoms. The van der Waals surface area contributed by atoms with Gasteiger partial charge in [0, 0.05) is 22.3 Å². The van der Waals surface area contributed by atoms with Crippen LogP contribution in [0, 0.1) is 5.92 Å². The first-order chi connectivity index (χ1) is 14.3. The van der Waals surface area contributed by atoms with Gasteiger partial charge in [-0.1, -0.05) is 37.6 Å². The van der Waals surface area contributed by atoms with Crippen molar-refractivity contribution in [3.63, 3.8) is 0 Å². The monoisotopic (exact) mass is 428 g/mol. The quantitative estimate of drug-likeness (QED) is 0.484. The van der Waals surface area contributed by atoms with Gasteiger partial charge in [0.2, 0.25) is 5.91 Å². The fourth-order valence-corrected chi connectivity index (χ4v) is 2.74. The Morgan fingerprint density at radius 1 is 1.03 bits per heavy atom. The second kappa shape index (κ2) is 11.2. The number of anilines is 1. The van der Waals surface area contributed by atoms with E-state index in [-0.39, 0.29) is 17.7 Å². The molecule has 1 atom stereocenters. The SMILES string of the molecule is CCOC(=O)/C=C/c1ccc(NC(=O)[C@@H](NC(=O)c2ccc(Cl)cc2)C(C)C)cc1. The molecule has 2 rings (SSSR count). The average Bonchev–Trinajstić information content (AvgIpc) is 2.71. The molecule has 158 valence electrons. The molecule has 0 aliphatic rings. The first-order valence-corrected chi connectivity index (χ1v) is 10.00. The molecular weight excluding hydrogens is 404 g/mol. The molecule has 0 heterocycles. The number of benzene rings is 2. The van der Waals surface area contributed by atoms with Crippen LogP contribution >= 0.6 is 11.6 Å². The van der Waals surface area contributed by atoms with Crippen molar-refractivity contribution in [1.29, 1.82) is 0 Å². The lowest BCUT2D eigenvalue weighted by molar-refractivity contribution is -0.137. The van der Waals surface area contributed by atoms with E-state index < -0.39 is 12.0 Å². The summed E-state index contributed by atoms with van der Waals surface area (Å²) in [7, 11) is 0. The third kappa shape index (κ3) is 7.04. The Bertz CT molecular complexity index is 906. The summed E-state index contributed by atoms with van der Waals surface area (Å²) in [6, 6.07) is 12.7. The second-order valence-electron chi connectivity index (χ2n) is 6.90. The summed E-state index contributed by atoms with van der Waals surface area (Å²) in [6.07, 6.45) is 2.98. The zero-order valence-electron chi connectivity index (χ0n) is 17.1. The van der Waals surface area contributed by atoms with E-state index in [1.165, 1.54) is 6.08 Å². The highest BCUT2D eigenvalue weighted by Gasteiger charge is 2.24. The number of carbonyl (C=O) groups is 3. The van der Waals surface area contributed by atoms with Crippen molar-refractivity contribution < 1.29 is 19.1 Å². The van der Waals surface area contributed by atoms with Crippen LogP contribution in [0.1, 0.15) is 36.7 Å². The highest BCUT2D eigenvalue weighted by molar-refractivity contribution is 6.30.